The van der Waals surface area contributed by atoms with Gasteiger partial charge in [0.05, 0.1) is 8.07 Å². The highest BCUT2D eigenvalue weighted by Crippen LogP contribution is 2.04. The maximum atomic E-state index is 5.61. The largest absolute Gasteiger partial charge is 0.384 e. The molecule has 0 aliphatic rings. The Labute approximate surface area is 94.3 Å². The number of ether oxygens (including phenoxy) is 1. The van der Waals surface area contributed by atoms with Crippen molar-refractivity contribution in [3.05, 3.63) is 0 Å². The quantitative estimate of drug-likeness (QED) is 0.605. The fraction of sp³-hybridized carbons (Fsp3) is 1.00. The third-order valence-corrected chi connectivity index (χ3v) is 2.70. The molecule has 0 heterocycles. The SMILES string of the molecule is C.C.C.CCC(C)COC[Si](C)(C)C. The maximum absolute atomic E-state index is 5.61. The Kier molecular flexibility index (Phi) is 19.1. The van der Waals surface area contributed by atoms with Crippen LogP contribution in [0.1, 0.15) is 42.5 Å². The van der Waals surface area contributed by atoms with Gasteiger partial charge in [0.25, 0.3) is 0 Å². The standard InChI is InChI=1S/C9H22OSi.3CH4/c1-6-9(2)7-10-8-11(3,4)5;;;/h9H,6-8H2,1-5H3;3*1H4. The van der Waals surface area contributed by atoms with E-state index in [4.69, 9.17) is 4.74 Å². The zero-order valence-corrected chi connectivity index (χ0v) is 9.61. The average molecular weight is 222 g/mol. The summed E-state index contributed by atoms with van der Waals surface area (Å²) in [5.74, 6) is 0.728. The summed E-state index contributed by atoms with van der Waals surface area (Å²) in [6.45, 7) is 12.4. The molecule has 1 atom stereocenters. The molecule has 0 spiro atoms. The molecule has 14 heavy (non-hydrogen) atoms. The van der Waals surface area contributed by atoms with Gasteiger partial charge in [-0.05, 0) is 5.92 Å². The van der Waals surface area contributed by atoms with Crippen LogP contribution in [0.5, 0.6) is 0 Å². The lowest BCUT2D eigenvalue weighted by molar-refractivity contribution is 0.136. The first-order valence-electron chi connectivity index (χ1n) is 4.53. The van der Waals surface area contributed by atoms with Crippen LogP contribution < -0.4 is 0 Å². The predicted molar refractivity (Wildman–Crippen MR) is 73.8 cm³/mol. The smallest absolute Gasteiger partial charge is 0.0746 e. The van der Waals surface area contributed by atoms with Gasteiger partial charge in [-0.15, -0.1) is 0 Å². The molecule has 2 heteroatoms. The van der Waals surface area contributed by atoms with E-state index in [0.29, 0.717) is 0 Å². The van der Waals surface area contributed by atoms with Crippen LogP contribution in [0.15, 0.2) is 0 Å². The van der Waals surface area contributed by atoms with Gasteiger partial charge < -0.3 is 4.74 Å². The van der Waals surface area contributed by atoms with Crippen LogP contribution in [-0.2, 0) is 4.74 Å². The lowest BCUT2D eigenvalue weighted by atomic mass is 10.1. The molecule has 1 unspecified atom stereocenters. The molecule has 0 N–H and O–H groups in total. The zero-order chi connectivity index (χ0) is 8.91. The van der Waals surface area contributed by atoms with Crippen LogP contribution >= 0.6 is 0 Å². The molecule has 0 aromatic carbocycles. The van der Waals surface area contributed by atoms with Gasteiger partial charge in [0.15, 0.2) is 0 Å². The molecule has 1 nitrogen and oxygen atoms in total. The van der Waals surface area contributed by atoms with E-state index in [0.717, 1.165) is 18.8 Å². The summed E-state index contributed by atoms with van der Waals surface area (Å²) in [5.41, 5.74) is 0. The molecule has 0 bridgehead atoms. The normalized spacial score (nSPS) is 11.8. The highest BCUT2D eigenvalue weighted by Gasteiger charge is 2.13. The molecule has 0 radical (unpaired) electrons. The summed E-state index contributed by atoms with van der Waals surface area (Å²) in [7, 11) is -0.959. The summed E-state index contributed by atoms with van der Waals surface area (Å²) in [6, 6.07) is 0. The van der Waals surface area contributed by atoms with Gasteiger partial charge >= 0.3 is 0 Å². The predicted octanol–water partition coefficient (Wildman–Crippen LogP) is 4.83. The van der Waals surface area contributed by atoms with E-state index in [9.17, 15) is 0 Å². The van der Waals surface area contributed by atoms with Crippen molar-refractivity contribution in [2.45, 2.75) is 62.2 Å². The summed E-state index contributed by atoms with van der Waals surface area (Å²) in [6.07, 6.45) is 2.24. The van der Waals surface area contributed by atoms with Crippen molar-refractivity contribution < 1.29 is 4.74 Å². The van der Waals surface area contributed by atoms with Crippen molar-refractivity contribution >= 4 is 8.07 Å². The van der Waals surface area contributed by atoms with Crippen molar-refractivity contribution in [2.24, 2.45) is 5.92 Å². The minimum atomic E-state index is -0.959. The Balaban J connectivity index is -0.000000167. The number of hydrogen-bond donors (Lipinski definition) is 0. The van der Waals surface area contributed by atoms with Crippen LogP contribution in [0.2, 0.25) is 19.6 Å². The fourth-order valence-corrected chi connectivity index (χ4v) is 1.41. The second-order valence-corrected chi connectivity index (χ2v) is 10.00. The third kappa shape index (κ3) is 18.1. The monoisotopic (exact) mass is 222 g/mol. The first-order chi connectivity index (χ1) is 4.95. The first-order valence-corrected chi connectivity index (χ1v) is 8.24. The number of hydrogen-bond acceptors (Lipinski definition) is 1. The van der Waals surface area contributed by atoms with Gasteiger partial charge in [0.2, 0.25) is 0 Å². The molecule has 0 rings (SSSR count). The minimum Gasteiger partial charge on any atom is -0.384 e. The van der Waals surface area contributed by atoms with Crippen LogP contribution in [0.25, 0.3) is 0 Å². The maximum Gasteiger partial charge on any atom is 0.0746 e. The topological polar surface area (TPSA) is 9.23 Å². The molecule has 0 aliphatic heterocycles. The van der Waals surface area contributed by atoms with Gasteiger partial charge in [0, 0.05) is 12.8 Å². The van der Waals surface area contributed by atoms with Crippen molar-refractivity contribution in [3.8, 4) is 0 Å². The van der Waals surface area contributed by atoms with Crippen molar-refractivity contribution in [2.75, 3.05) is 12.8 Å². The summed E-state index contributed by atoms with van der Waals surface area (Å²) in [4.78, 5) is 0. The molecule has 92 valence electrons. The van der Waals surface area contributed by atoms with E-state index in [1.165, 1.54) is 6.42 Å². The lowest BCUT2D eigenvalue weighted by Crippen LogP contribution is -2.29. The third-order valence-electron chi connectivity index (χ3n) is 1.63. The second kappa shape index (κ2) is 11.3. The van der Waals surface area contributed by atoms with Crippen molar-refractivity contribution in [1.29, 1.82) is 0 Å². The molecule has 0 aliphatic carbocycles. The van der Waals surface area contributed by atoms with Crippen LogP contribution in [0.4, 0.5) is 0 Å². The van der Waals surface area contributed by atoms with Gasteiger partial charge in [0.1, 0.15) is 0 Å². The van der Waals surface area contributed by atoms with Crippen LogP contribution in [-0.4, -0.2) is 20.9 Å². The highest BCUT2D eigenvalue weighted by molar-refractivity contribution is 6.76. The van der Waals surface area contributed by atoms with Crippen molar-refractivity contribution in [1.82, 2.24) is 0 Å². The highest BCUT2D eigenvalue weighted by atomic mass is 28.3. The van der Waals surface area contributed by atoms with Crippen LogP contribution in [0, 0.1) is 5.92 Å². The fourth-order valence-electron chi connectivity index (χ4n) is 0.684. The molecule has 0 aromatic heterocycles. The van der Waals surface area contributed by atoms with E-state index in [2.05, 4.69) is 33.5 Å². The lowest BCUT2D eigenvalue weighted by Gasteiger charge is -2.17. The van der Waals surface area contributed by atoms with Gasteiger partial charge in [-0.2, -0.15) is 0 Å². The average Bonchev–Trinajstić information content (AvgIpc) is 1.85. The Bertz CT molecular complexity index is 97.0. The van der Waals surface area contributed by atoms with E-state index < -0.39 is 8.07 Å². The van der Waals surface area contributed by atoms with Gasteiger partial charge in [-0.25, -0.2) is 0 Å². The Hall–Kier alpha value is 0.177. The molecule has 0 saturated heterocycles. The minimum absolute atomic E-state index is 0. The molecular formula is C12H34OSi. The Morgan fingerprint density at radius 2 is 1.50 bits per heavy atom. The zero-order valence-electron chi connectivity index (χ0n) is 8.61. The Morgan fingerprint density at radius 1 is 1.07 bits per heavy atom. The van der Waals surface area contributed by atoms with Crippen LogP contribution in [0.3, 0.4) is 0 Å². The van der Waals surface area contributed by atoms with E-state index in [-0.39, 0.29) is 22.3 Å². The van der Waals surface area contributed by atoms with Crippen molar-refractivity contribution in [3.63, 3.8) is 0 Å². The van der Waals surface area contributed by atoms with E-state index in [1.54, 1.807) is 0 Å². The van der Waals surface area contributed by atoms with E-state index >= 15 is 0 Å². The molecule has 0 aromatic rings. The number of rotatable bonds is 5. The molecule has 0 fully saturated rings. The van der Waals surface area contributed by atoms with Gasteiger partial charge in [-0.1, -0.05) is 62.2 Å². The summed E-state index contributed by atoms with van der Waals surface area (Å²) >= 11 is 0. The molecule has 0 saturated carbocycles. The van der Waals surface area contributed by atoms with Gasteiger partial charge in [-0.3, -0.25) is 0 Å². The second-order valence-electron chi connectivity index (χ2n) is 4.59. The van der Waals surface area contributed by atoms with E-state index in [1.807, 2.05) is 0 Å². The summed E-state index contributed by atoms with van der Waals surface area (Å²) < 4.78 is 5.61. The first kappa shape index (κ1) is 23.8. The summed E-state index contributed by atoms with van der Waals surface area (Å²) in [5, 5.41) is 0. The Morgan fingerprint density at radius 3 is 1.79 bits per heavy atom. The molecular weight excluding hydrogens is 188 g/mol. The molecule has 0 amide bonds.